The van der Waals surface area contributed by atoms with Crippen LogP contribution >= 0.6 is 0 Å². The number of carbonyl (C=O) groups excluding carboxylic acids is 1. The molecule has 1 aromatic heterocycles. The van der Waals surface area contributed by atoms with Gasteiger partial charge in [0.2, 0.25) is 0 Å². The van der Waals surface area contributed by atoms with E-state index in [4.69, 9.17) is 5.73 Å². The normalized spacial score (nSPS) is 20.6. The van der Waals surface area contributed by atoms with E-state index in [9.17, 15) is 4.79 Å². The monoisotopic (exact) mass is 324 g/mol. The van der Waals surface area contributed by atoms with Crippen LogP contribution in [0.2, 0.25) is 0 Å². The standard InChI is InChI=1S/C19H24N4O/c1-12(2)18-15(9-21-13(3)22-18)19(24)23-10-16(17(20)11-23)14-7-5-4-6-8-14/h4-9,12,16-17H,10-11,20H2,1-3H3/t16-,17+/m0/s1. The van der Waals surface area contributed by atoms with Crippen LogP contribution in [0.1, 0.15) is 53.1 Å². The summed E-state index contributed by atoms with van der Waals surface area (Å²) in [4.78, 5) is 23.5. The van der Waals surface area contributed by atoms with Gasteiger partial charge < -0.3 is 10.6 Å². The highest BCUT2D eigenvalue weighted by Gasteiger charge is 2.35. The lowest BCUT2D eigenvalue weighted by Gasteiger charge is -2.19. The summed E-state index contributed by atoms with van der Waals surface area (Å²) in [5.41, 5.74) is 8.90. The first-order valence-corrected chi connectivity index (χ1v) is 8.40. The van der Waals surface area contributed by atoms with E-state index >= 15 is 0 Å². The lowest BCUT2D eigenvalue weighted by Crippen LogP contribution is -2.33. The van der Waals surface area contributed by atoms with Crippen LogP contribution in [0.3, 0.4) is 0 Å². The molecular weight excluding hydrogens is 300 g/mol. The van der Waals surface area contributed by atoms with Gasteiger partial charge >= 0.3 is 0 Å². The van der Waals surface area contributed by atoms with Crippen molar-refractivity contribution >= 4 is 5.91 Å². The Labute approximate surface area is 142 Å². The van der Waals surface area contributed by atoms with Gasteiger partial charge in [0.25, 0.3) is 5.91 Å². The molecule has 1 fully saturated rings. The Morgan fingerprint density at radius 3 is 2.62 bits per heavy atom. The molecule has 2 aromatic rings. The van der Waals surface area contributed by atoms with Gasteiger partial charge in [0.05, 0.1) is 11.3 Å². The maximum atomic E-state index is 13.0. The minimum atomic E-state index is -0.0507. The summed E-state index contributed by atoms with van der Waals surface area (Å²) in [6.45, 7) is 7.12. The topological polar surface area (TPSA) is 72.1 Å². The van der Waals surface area contributed by atoms with Gasteiger partial charge in [0.1, 0.15) is 5.82 Å². The zero-order chi connectivity index (χ0) is 17.3. The number of aryl methyl sites for hydroxylation is 1. The number of hydrogen-bond donors (Lipinski definition) is 1. The molecule has 0 unspecified atom stereocenters. The van der Waals surface area contributed by atoms with Gasteiger partial charge in [-0.05, 0) is 18.4 Å². The van der Waals surface area contributed by atoms with Crippen molar-refractivity contribution in [2.75, 3.05) is 13.1 Å². The largest absolute Gasteiger partial charge is 0.336 e. The number of benzene rings is 1. The molecule has 1 saturated heterocycles. The van der Waals surface area contributed by atoms with Gasteiger partial charge in [-0.15, -0.1) is 0 Å². The minimum Gasteiger partial charge on any atom is -0.336 e. The van der Waals surface area contributed by atoms with E-state index in [2.05, 4.69) is 22.1 Å². The third kappa shape index (κ3) is 3.17. The minimum absolute atomic E-state index is 0.0208. The zero-order valence-electron chi connectivity index (χ0n) is 14.4. The van der Waals surface area contributed by atoms with E-state index in [-0.39, 0.29) is 23.8 Å². The van der Waals surface area contributed by atoms with Gasteiger partial charge in [-0.2, -0.15) is 0 Å². The summed E-state index contributed by atoms with van der Waals surface area (Å²) in [5, 5.41) is 0. The number of aromatic nitrogens is 2. The Morgan fingerprint density at radius 1 is 1.25 bits per heavy atom. The fourth-order valence-corrected chi connectivity index (χ4v) is 3.31. The number of nitrogens with two attached hydrogens (primary N) is 1. The van der Waals surface area contributed by atoms with Gasteiger partial charge in [0.15, 0.2) is 0 Å². The summed E-state index contributed by atoms with van der Waals surface area (Å²) in [5.74, 6) is 1.01. The molecule has 2 N–H and O–H groups in total. The molecule has 0 saturated carbocycles. The Kier molecular flexibility index (Phi) is 4.62. The number of amides is 1. The molecule has 2 heterocycles. The van der Waals surface area contributed by atoms with Gasteiger partial charge in [-0.25, -0.2) is 9.97 Å². The summed E-state index contributed by atoms with van der Waals surface area (Å²) >= 11 is 0. The molecule has 1 amide bonds. The third-order valence-electron chi connectivity index (χ3n) is 4.60. The lowest BCUT2D eigenvalue weighted by molar-refractivity contribution is 0.0786. The highest BCUT2D eigenvalue weighted by molar-refractivity contribution is 5.95. The van der Waals surface area contributed by atoms with Crippen LogP contribution < -0.4 is 5.73 Å². The average Bonchev–Trinajstić information content (AvgIpc) is 2.96. The van der Waals surface area contributed by atoms with Gasteiger partial charge in [0, 0.05) is 31.2 Å². The maximum Gasteiger partial charge on any atom is 0.257 e. The first-order valence-electron chi connectivity index (χ1n) is 8.40. The molecule has 0 spiro atoms. The molecule has 1 aromatic carbocycles. The third-order valence-corrected chi connectivity index (χ3v) is 4.60. The number of hydrogen-bond acceptors (Lipinski definition) is 4. The number of nitrogens with zero attached hydrogens (tertiary/aromatic N) is 3. The van der Waals surface area contributed by atoms with E-state index in [1.807, 2.05) is 43.9 Å². The zero-order valence-corrected chi connectivity index (χ0v) is 14.4. The highest BCUT2D eigenvalue weighted by atomic mass is 16.2. The van der Waals surface area contributed by atoms with Crippen molar-refractivity contribution in [3.8, 4) is 0 Å². The van der Waals surface area contributed by atoms with Crippen molar-refractivity contribution < 1.29 is 4.79 Å². The van der Waals surface area contributed by atoms with Crippen LogP contribution in [0.15, 0.2) is 36.5 Å². The van der Waals surface area contributed by atoms with E-state index in [1.165, 1.54) is 5.56 Å². The molecule has 1 aliphatic heterocycles. The van der Waals surface area contributed by atoms with Crippen LogP contribution in [0.4, 0.5) is 0 Å². The number of likely N-dealkylation sites (tertiary alicyclic amines) is 1. The Morgan fingerprint density at radius 2 is 1.96 bits per heavy atom. The molecule has 0 bridgehead atoms. The molecule has 126 valence electrons. The van der Waals surface area contributed by atoms with E-state index < -0.39 is 0 Å². The fraction of sp³-hybridized carbons (Fsp3) is 0.421. The van der Waals surface area contributed by atoms with Crippen LogP contribution in [-0.2, 0) is 0 Å². The molecule has 5 nitrogen and oxygen atoms in total. The van der Waals surface area contributed by atoms with E-state index in [0.29, 0.717) is 24.5 Å². The number of rotatable bonds is 3. The average molecular weight is 324 g/mol. The maximum absolute atomic E-state index is 13.0. The summed E-state index contributed by atoms with van der Waals surface area (Å²) in [6, 6.07) is 10.1. The predicted octanol–water partition coefficient (Wildman–Crippen LogP) is 2.48. The molecule has 3 rings (SSSR count). The smallest absolute Gasteiger partial charge is 0.257 e. The summed E-state index contributed by atoms with van der Waals surface area (Å²) in [7, 11) is 0. The quantitative estimate of drug-likeness (QED) is 0.941. The van der Waals surface area contributed by atoms with E-state index in [0.717, 1.165) is 5.69 Å². The van der Waals surface area contributed by atoms with Crippen LogP contribution in [0.5, 0.6) is 0 Å². The van der Waals surface area contributed by atoms with Crippen LogP contribution in [0, 0.1) is 6.92 Å². The van der Waals surface area contributed by atoms with Gasteiger partial charge in [-0.1, -0.05) is 44.2 Å². The fourth-order valence-electron chi connectivity index (χ4n) is 3.31. The summed E-state index contributed by atoms with van der Waals surface area (Å²) in [6.07, 6.45) is 1.65. The first-order chi connectivity index (χ1) is 11.5. The van der Waals surface area contributed by atoms with Crippen molar-refractivity contribution in [3.63, 3.8) is 0 Å². The van der Waals surface area contributed by atoms with Crippen molar-refractivity contribution in [1.29, 1.82) is 0 Å². The predicted molar refractivity (Wildman–Crippen MR) is 93.9 cm³/mol. The second-order valence-corrected chi connectivity index (χ2v) is 6.76. The van der Waals surface area contributed by atoms with E-state index in [1.54, 1.807) is 6.20 Å². The number of carbonyl (C=O) groups is 1. The van der Waals surface area contributed by atoms with Crippen molar-refractivity contribution in [2.45, 2.75) is 38.6 Å². The SMILES string of the molecule is Cc1ncc(C(=O)N2C[C@@H](N)[C@H](c3ccccc3)C2)c(C(C)C)n1. The molecule has 1 aliphatic rings. The molecular formula is C19H24N4O. The van der Waals surface area contributed by atoms with Crippen molar-refractivity contribution in [2.24, 2.45) is 5.73 Å². The second-order valence-electron chi connectivity index (χ2n) is 6.76. The van der Waals surface area contributed by atoms with Crippen LogP contribution in [0.25, 0.3) is 0 Å². The highest BCUT2D eigenvalue weighted by Crippen LogP contribution is 2.28. The Hall–Kier alpha value is -2.27. The first kappa shape index (κ1) is 16.6. The van der Waals surface area contributed by atoms with Gasteiger partial charge in [-0.3, -0.25) is 4.79 Å². The molecule has 5 heteroatoms. The van der Waals surface area contributed by atoms with Crippen LogP contribution in [-0.4, -0.2) is 39.9 Å². The Bertz CT molecular complexity index is 729. The Balaban J connectivity index is 1.85. The van der Waals surface area contributed by atoms with Crippen molar-refractivity contribution in [1.82, 2.24) is 14.9 Å². The second kappa shape index (κ2) is 6.69. The molecule has 0 aliphatic carbocycles. The lowest BCUT2D eigenvalue weighted by atomic mass is 9.95. The molecule has 24 heavy (non-hydrogen) atoms. The van der Waals surface area contributed by atoms with Crippen molar-refractivity contribution in [3.05, 3.63) is 59.2 Å². The summed E-state index contributed by atoms with van der Waals surface area (Å²) < 4.78 is 0. The molecule has 2 atom stereocenters. The molecule has 0 radical (unpaired) electrons.